The molecule has 0 saturated carbocycles. The van der Waals surface area contributed by atoms with Crippen molar-refractivity contribution in [3.05, 3.63) is 77.7 Å². The summed E-state index contributed by atoms with van der Waals surface area (Å²) in [6.45, 7) is 8.92. The number of hydrogen-bond acceptors (Lipinski definition) is 9. The van der Waals surface area contributed by atoms with Gasteiger partial charge in [-0.1, -0.05) is 48.5 Å². The molecule has 3 aromatic carbocycles. The van der Waals surface area contributed by atoms with Crippen LogP contribution in [0, 0.1) is 19.8 Å². The number of aryl methyl sites for hydroxylation is 2. The summed E-state index contributed by atoms with van der Waals surface area (Å²) in [6, 6.07) is 17.2. The highest BCUT2D eigenvalue weighted by Crippen LogP contribution is 2.30. The first-order valence-electron chi connectivity index (χ1n) is 17.6. The molecule has 0 fully saturated rings. The summed E-state index contributed by atoms with van der Waals surface area (Å²) in [4.78, 5) is 29.3. The predicted molar refractivity (Wildman–Crippen MR) is 199 cm³/mol. The van der Waals surface area contributed by atoms with Crippen molar-refractivity contribution in [2.75, 3.05) is 44.0 Å². The number of ether oxygens (including phenoxy) is 2. The van der Waals surface area contributed by atoms with E-state index in [2.05, 4.69) is 15.8 Å². The van der Waals surface area contributed by atoms with Gasteiger partial charge in [-0.3, -0.25) is 4.79 Å². The third kappa shape index (κ3) is 8.92. The summed E-state index contributed by atoms with van der Waals surface area (Å²) in [7, 11) is -2.47. The lowest BCUT2D eigenvalue weighted by Crippen LogP contribution is -2.48. The zero-order valence-corrected chi connectivity index (χ0v) is 31.4. The van der Waals surface area contributed by atoms with E-state index in [0.717, 1.165) is 17.2 Å². The molecule has 3 amide bonds. The summed E-state index contributed by atoms with van der Waals surface area (Å²) < 4.78 is 46.2. The molecule has 0 radical (unpaired) electrons. The van der Waals surface area contributed by atoms with Crippen LogP contribution in [-0.4, -0.2) is 91.4 Å². The van der Waals surface area contributed by atoms with Gasteiger partial charge in [0.15, 0.2) is 5.76 Å². The molecule has 0 bridgehead atoms. The van der Waals surface area contributed by atoms with E-state index in [1.165, 1.54) is 11.4 Å². The molecule has 0 saturated heterocycles. The number of amides is 3. The number of carbonyl (C=O) groups excluding carboxylic acids is 2. The Morgan fingerprint density at radius 3 is 2.56 bits per heavy atom. The van der Waals surface area contributed by atoms with E-state index in [0.29, 0.717) is 36.6 Å². The summed E-state index contributed by atoms with van der Waals surface area (Å²) in [5.41, 5.74) is 1.50. The van der Waals surface area contributed by atoms with Crippen LogP contribution >= 0.6 is 0 Å². The smallest absolute Gasteiger partial charge is 0.323 e. The fourth-order valence-electron chi connectivity index (χ4n) is 6.43. The molecule has 52 heavy (non-hydrogen) atoms. The molecule has 14 heteroatoms. The largest absolute Gasteiger partial charge is 0.490 e. The van der Waals surface area contributed by atoms with Gasteiger partial charge in [0.05, 0.1) is 36.1 Å². The van der Waals surface area contributed by atoms with Gasteiger partial charge < -0.3 is 34.6 Å². The maximum absolute atomic E-state index is 14.5. The van der Waals surface area contributed by atoms with Crippen molar-refractivity contribution < 1.29 is 37.1 Å². The van der Waals surface area contributed by atoms with Gasteiger partial charge in [-0.2, -0.15) is 4.31 Å². The highest BCUT2D eigenvalue weighted by molar-refractivity contribution is 7.89. The molecule has 2 heterocycles. The van der Waals surface area contributed by atoms with Crippen LogP contribution in [-0.2, 0) is 14.8 Å². The maximum atomic E-state index is 14.5. The second-order valence-electron chi connectivity index (χ2n) is 13.6. The van der Waals surface area contributed by atoms with Crippen LogP contribution in [0.1, 0.15) is 61.8 Å². The van der Waals surface area contributed by atoms with E-state index in [9.17, 15) is 23.1 Å². The van der Waals surface area contributed by atoms with E-state index >= 15 is 0 Å². The van der Waals surface area contributed by atoms with E-state index in [4.69, 9.17) is 14.0 Å². The molecule has 1 aromatic heterocycles. The fraction of sp³-hybridized carbons (Fsp3) is 0.447. The zero-order chi connectivity index (χ0) is 37.6. The second-order valence-corrected chi connectivity index (χ2v) is 15.5. The normalized spacial score (nSPS) is 19.8. The standard InChI is InChI=1S/C38H49N5O8S/c1-24-21-43(25(2)23-44)37(45)32-20-30(39-38(46)40-33-16-11-14-29-13-7-8-15-31(29)33)17-18-34(32)50-26(3)12-9-10-19-49-35(24)22-42(6)52(47,48)36-27(4)41-51-28(36)5/h7-8,11,13-18,20,24-26,35,44H,9-10,12,19,21-23H2,1-6H3,(H2,39,40,46)/t24-,25-,26-,35+/m0/s1. The third-order valence-corrected chi connectivity index (χ3v) is 11.5. The van der Waals surface area contributed by atoms with E-state index in [1.807, 2.05) is 56.3 Å². The molecule has 0 unspecified atom stereocenters. The Morgan fingerprint density at radius 2 is 1.83 bits per heavy atom. The monoisotopic (exact) mass is 735 g/mol. The van der Waals surface area contributed by atoms with E-state index in [1.54, 1.807) is 43.9 Å². The zero-order valence-electron chi connectivity index (χ0n) is 30.6. The number of fused-ring (bicyclic) bond motifs is 2. The molecule has 0 spiro atoms. The molecule has 4 aromatic rings. The van der Waals surface area contributed by atoms with Crippen LogP contribution in [0.5, 0.6) is 5.75 Å². The molecule has 280 valence electrons. The van der Waals surface area contributed by atoms with Crippen molar-refractivity contribution in [3.8, 4) is 5.75 Å². The van der Waals surface area contributed by atoms with Gasteiger partial charge in [0.2, 0.25) is 10.0 Å². The Labute approximate surface area is 305 Å². The van der Waals surface area contributed by atoms with Crippen molar-refractivity contribution in [2.45, 2.75) is 77.0 Å². The lowest BCUT2D eigenvalue weighted by Gasteiger charge is -2.35. The van der Waals surface area contributed by atoms with Crippen molar-refractivity contribution in [1.29, 1.82) is 0 Å². The predicted octanol–water partition coefficient (Wildman–Crippen LogP) is 6.20. The Bertz CT molecular complexity index is 1960. The Balaban J connectivity index is 1.42. The van der Waals surface area contributed by atoms with Crippen molar-refractivity contribution >= 4 is 44.1 Å². The second kappa shape index (κ2) is 16.9. The van der Waals surface area contributed by atoms with E-state index in [-0.39, 0.29) is 53.6 Å². The molecule has 3 N–H and O–H groups in total. The van der Waals surface area contributed by atoms with Crippen LogP contribution in [0.15, 0.2) is 70.1 Å². The summed E-state index contributed by atoms with van der Waals surface area (Å²) in [5, 5.41) is 21.7. The lowest BCUT2D eigenvalue weighted by molar-refractivity contribution is -0.00835. The topological polar surface area (TPSA) is 164 Å². The minimum atomic E-state index is -3.96. The number of rotatable bonds is 8. The highest BCUT2D eigenvalue weighted by atomic mass is 32.2. The van der Waals surface area contributed by atoms with Gasteiger partial charge >= 0.3 is 6.03 Å². The number of hydrogen-bond donors (Lipinski definition) is 3. The lowest BCUT2D eigenvalue weighted by atomic mass is 10.0. The summed E-state index contributed by atoms with van der Waals surface area (Å²) in [5.74, 6) is -0.219. The van der Waals surface area contributed by atoms with Gasteiger partial charge in [0.1, 0.15) is 16.3 Å². The van der Waals surface area contributed by atoms with Gasteiger partial charge in [-0.05, 0) is 76.6 Å². The van der Waals surface area contributed by atoms with Crippen LogP contribution in [0.3, 0.4) is 0 Å². The number of aromatic nitrogens is 1. The molecule has 5 rings (SSSR count). The van der Waals surface area contributed by atoms with Crippen LogP contribution < -0.4 is 15.4 Å². The number of carbonyl (C=O) groups is 2. The highest BCUT2D eigenvalue weighted by Gasteiger charge is 2.34. The first-order chi connectivity index (χ1) is 24.8. The summed E-state index contributed by atoms with van der Waals surface area (Å²) >= 11 is 0. The van der Waals surface area contributed by atoms with Gasteiger partial charge in [-0.15, -0.1) is 0 Å². The number of aliphatic hydroxyl groups excluding tert-OH is 1. The van der Waals surface area contributed by atoms with Crippen LogP contribution in [0.4, 0.5) is 16.2 Å². The molecular formula is C38H49N5O8S. The number of nitrogens with one attached hydrogen (secondary N) is 2. The maximum Gasteiger partial charge on any atom is 0.323 e. The minimum absolute atomic E-state index is 0.0130. The third-order valence-electron chi connectivity index (χ3n) is 9.42. The SMILES string of the molecule is Cc1noc(C)c1S(=O)(=O)N(C)C[C@H]1OCCCC[C@H](C)Oc2ccc(NC(=O)Nc3cccc4ccccc34)cc2C(=O)N([C@@H](C)CO)C[C@@H]1C. The Hall–Kier alpha value is -4.50. The number of aliphatic hydroxyl groups is 1. The van der Waals surface area contributed by atoms with E-state index < -0.39 is 34.1 Å². The number of benzene rings is 3. The number of urea groups is 1. The minimum Gasteiger partial charge on any atom is -0.490 e. The molecule has 1 aliphatic heterocycles. The van der Waals surface area contributed by atoms with Crippen LogP contribution in [0.25, 0.3) is 10.8 Å². The average molecular weight is 736 g/mol. The fourth-order valence-corrected chi connectivity index (χ4v) is 7.90. The number of likely N-dealkylation sites (N-methyl/N-ethyl adjacent to an activating group) is 1. The quantitative estimate of drug-likeness (QED) is 0.191. The number of anilines is 2. The number of sulfonamides is 1. The molecule has 4 atom stereocenters. The number of nitrogens with zero attached hydrogens (tertiary/aromatic N) is 3. The summed E-state index contributed by atoms with van der Waals surface area (Å²) in [6.07, 6.45) is 1.34. The van der Waals surface area contributed by atoms with Gasteiger partial charge in [0.25, 0.3) is 5.91 Å². The molecule has 0 aliphatic carbocycles. The molecule has 1 aliphatic rings. The molecular weight excluding hydrogens is 687 g/mol. The van der Waals surface area contributed by atoms with Crippen molar-refractivity contribution in [1.82, 2.24) is 14.4 Å². The van der Waals surface area contributed by atoms with Gasteiger partial charge in [-0.25, -0.2) is 13.2 Å². The van der Waals surface area contributed by atoms with Crippen molar-refractivity contribution in [3.63, 3.8) is 0 Å². The molecule has 13 nitrogen and oxygen atoms in total. The van der Waals surface area contributed by atoms with Crippen molar-refractivity contribution in [2.24, 2.45) is 5.92 Å². The first kappa shape index (κ1) is 38.7. The average Bonchev–Trinajstić information content (AvgIpc) is 3.47. The Kier molecular flexibility index (Phi) is 12.6. The van der Waals surface area contributed by atoms with Crippen LogP contribution in [0.2, 0.25) is 0 Å². The van der Waals surface area contributed by atoms with Gasteiger partial charge in [0, 0.05) is 43.7 Å². The first-order valence-corrected chi connectivity index (χ1v) is 19.0. The Morgan fingerprint density at radius 1 is 1.08 bits per heavy atom.